The van der Waals surface area contributed by atoms with Gasteiger partial charge in [-0.2, -0.15) is 11.8 Å². The topological polar surface area (TPSA) is 101 Å². The molecule has 4 aliphatic carbocycles. The lowest BCUT2D eigenvalue weighted by atomic mass is 9.45. The molecule has 0 aliphatic heterocycles. The van der Waals surface area contributed by atoms with E-state index in [0.717, 1.165) is 31.3 Å². The largest absolute Gasteiger partial charge is 0.450 e. The van der Waals surface area contributed by atoms with Crippen molar-refractivity contribution in [3.05, 3.63) is 11.6 Å². The van der Waals surface area contributed by atoms with Crippen molar-refractivity contribution >= 4 is 29.3 Å². The van der Waals surface area contributed by atoms with E-state index < -0.39 is 35.5 Å². The Kier molecular flexibility index (Phi) is 5.93. The number of thioether (sulfide) groups is 1. The summed E-state index contributed by atoms with van der Waals surface area (Å²) in [6.07, 6.45) is 7.38. The zero-order valence-corrected chi connectivity index (χ0v) is 19.5. The molecule has 0 aromatic rings. The standard InChI is InChI=1S/C24H34O6S/c1-22-8-6-15(26)10-14(22)4-5-16-17-7-9-24(19(28)12-25,30-20(29)13-31-3)23(17,2)11-18(27)21(16)22/h10,16-18,21,25,27H,4-9,11-13H2,1-3H3/t16-,17-,18-,21-,22-,23-,24-/m0/s1. The van der Waals surface area contributed by atoms with Gasteiger partial charge in [0.05, 0.1) is 11.9 Å². The van der Waals surface area contributed by atoms with E-state index in [9.17, 15) is 24.6 Å². The molecular weight excluding hydrogens is 416 g/mol. The molecule has 172 valence electrons. The molecule has 2 N–H and O–H groups in total. The minimum Gasteiger partial charge on any atom is -0.450 e. The SMILES string of the molecule is CSCC(=O)O[C@]1(C(=O)CO)CC[C@H]2[C@@H]3CCC4=CC(=O)CC[C@]4(C)[C@@H]3[C@@H](O)C[C@@]21C. The molecule has 0 amide bonds. The van der Waals surface area contributed by atoms with E-state index in [0.29, 0.717) is 19.3 Å². The summed E-state index contributed by atoms with van der Waals surface area (Å²) in [5.74, 6) is -0.235. The highest BCUT2D eigenvalue weighted by molar-refractivity contribution is 7.99. The van der Waals surface area contributed by atoms with Crippen molar-refractivity contribution in [1.29, 1.82) is 0 Å². The first-order valence-corrected chi connectivity index (χ1v) is 12.8. The van der Waals surface area contributed by atoms with Crippen LogP contribution in [0.5, 0.6) is 0 Å². The van der Waals surface area contributed by atoms with Gasteiger partial charge in [-0.15, -0.1) is 0 Å². The predicted octanol–water partition coefficient (Wildman–Crippen LogP) is 2.70. The molecule has 6 nitrogen and oxygen atoms in total. The monoisotopic (exact) mass is 450 g/mol. The Balaban J connectivity index is 1.73. The molecule has 0 bridgehead atoms. The average molecular weight is 451 g/mol. The van der Waals surface area contributed by atoms with Gasteiger partial charge in [-0.1, -0.05) is 19.4 Å². The van der Waals surface area contributed by atoms with Gasteiger partial charge >= 0.3 is 5.97 Å². The van der Waals surface area contributed by atoms with Crippen LogP contribution in [-0.2, 0) is 19.1 Å². The Morgan fingerprint density at radius 2 is 1.97 bits per heavy atom. The lowest BCUT2D eigenvalue weighted by molar-refractivity contribution is -0.200. The van der Waals surface area contributed by atoms with E-state index in [1.807, 2.05) is 6.92 Å². The van der Waals surface area contributed by atoms with Crippen LogP contribution in [0.25, 0.3) is 0 Å². The molecule has 0 heterocycles. The van der Waals surface area contributed by atoms with Gasteiger partial charge in [0, 0.05) is 11.8 Å². The molecule has 7 heteroatoms. The number of aliphatic hydroxyl groups excluding tert-OH is 2. The molecule has 4 aliphatic rings. The quantitative estimate of drug-likeness (QED) is 0.621. The van der Waals surface area contributed by atoms with Crippen LogP contribution in [0.2, 0.25) is 0 Å². The third-order valence-electron chi connectivity index (χ3n) is 9.16. The summed E-state index contributed by atoms with van der Waals surface area (Å²) >= 11 is 1.34. The van der Waals surface area contributed by atoms with E-state index in [1.54, 1.807) is 12.3 Å². The van der Waals surface area contributed by atoms with Crippen LogP contribution in [0.3, 0.4) is 0 Å². The third-order valence-corrected chi connectivity index (χ3v) is 9.69. The first-order chi connectivity index (χ1) is 14.6. The van der Waals surface area contributed by atoms with Crippen LogP contribution >= 0.6 is 11.8 Å². The van der Waals surface area contributed by atoms with Crippen LogP contribution in [0, 0.1) is 28.6 Å². The maximum Gasteiger partial charge on any atom is 0.316 e. The molecule has 3 fully saturated rings. The van der Waals surface area contributed by atoms with Gasteiger partial charge in [0.2, 0.25) is 5.78 Å². The van der Waals surface area contributed by atoms with Crippen molar-refractivity contribution in [2.45, 2.75) is 70.5 Å². The highest BCUT2D eigenvalue weighted by atomic mass is 32.2. The first-order valence-electron chi connectivity index (χ1n) is 11.4. The van der Waals surface area contributed by atoms with E-state index in [4.69, 9.17) is 4.74 Å². The Labute approximate surface area is 188 Å². The smallest absolute Gasteiger partial charge is 0.316 e. The Morgan fingerprint density at radius 3 is 2.65 bits per heavy atom. The minimum atomic E-state index is -1.38. The molecule has 31 heavy (non-hydrogen) atoms. The zero-order valence-electron chi connectivity index (χ0n) is 18.7. The van der Waals surface area contributed by atoms with Crippen molar-refractivity contribution in [1.82, 2.24) is 0 Å². The molecular formula is C24H34O6S. The van der Waals surface area contributed by atoms with Gasteiger partial charge in [-0.05, 0) is 74.0 Å². The summed E-state index contributed by atoms with van der Waals surface area (Å²) in [4.78, 5) is 37.6. The van der Waals surface area contributed by atoms with Gasteiger partial charge in [-0.3, -0.25) is 14.4 Å². The van der Waals surface area contributed by atoms with Gasteiger partial charge in [-0.25, -0.2) is 0 Å². The van der Waals surface area contributed by atoms with Crippen LogP contribution in [0.15, 0.2) is 11.6 Å². The fourth-order valence-electron chi connectivity index (χ4n) is 7.83. The summed E-state index contributed by atoms with van der Waals surface area (Å²) in [7, 11) is 0. The molecule has 7 atom stereocenters. The van der Waals surface area contributed by atoms with Crippen molar-refractivity contribution in [3.8, 4) is 0 Å². The number of rotatable bonds is 5. The maximum absolute atomic E-state index is 13.1. The van der Waals surface area contributed by atoms with Crippen LogP contribution < -0.4 is 0 Å². The second kappa shape index (κ2) is 7.99. The Bertz CT molecular complexity index is 823. The highest BCUT2D eigenvalue weighted by Crippen LogP contribution is 2.68. The fraction of sp³-hybridized carbons (Fsp3) is 0.792. The fourth-order valence-corrected chi connectivity index (χ4v) is 8.12. The summed E-state index contributed by atoms with van der Waals surface area (Å²) < 4.78 is 5.90. The van der Waals surface area contributed by atoms with Gasteiger partial charge in [0.1, 0.15) is 6.61 Å². The molecule has 4 rings (SSSR count). The average Bonchev–Trinajstić information content (AvgIpc) is 3.00. The second-order valence-corrected chi connectivity index (χ2v) is 11.3. The van der Waals surface area contributed by atoms with Crippen molar-refractivity contribution < 1.29 is 29.3 Å². The number of hydrogen-bond donors (Lipinski definition) is 2. The molecule has 0 saturated heterocycles. The lowest BCUT2D eigenvalue weighted by Crippen LogP contribution is -2.63. The number of hydrogen-bond acceptors (Lipinski definition) is 7. The van der Waals surface area contributed by atoms with E-state index >= 15 is 0 Å². The number of fused-ring (bicyclic) bond motifs is 5. The maximum atomic E-state index is 13.1. The van der Waals surface area contributed by atoms with Crippen molar-refractivity contribution in [2.24, 2.45) is 28.6 Å². The van der Waals surface area contributed by atoms with Gasteiger partial charge in [0.15, 0.2) is 11.4 Å². The summed E-state index contributed by atoms with van der Waals surface area (Å²) in [6, 6.07) is 0. The molecule has 0 spiro atoms. The molecule has 0 radical (unpaired) electrons. The number of carbonyl (C=O) groups is 3. The molecule has 0 unspecified atom stereocenters. The molecule has 0 aromatic carbocycles. The number of carbonyl (C=O) groups excluding carboxylic acids is 3. The third kappa shape index (κ3) is 3.25. The number of esters is 1. The van der Waals surface area contributed by atoms with E-state index in [2.05, 4.69) is 6.92 Å². The summed E-state index contributed by atoms with van der Waals surface area (Å²) in [5, 5.41) is 21.3. The minimum absolute atomic E-state index is 0.0283. The van der Waals surface area contributed by atoms with E-state index in [-0.39, 0.29) is 34.7 Å². The number of ether oxygens (including phenoxy) is 1. The van der Waals surface area contributed by atoms with Crippen molar-refractivity contribution in [3.63, 3.8) is 0 Å². The zero-order chi connectivity index (χ0) is 22.6. The van der Waals surface area contributed by atoms with Crippen LogP contribution in [-0.4, -0.2) is 58.1 Å². The van der Waals surface area contributed by atoms with Crippen LogP contribution in [0.1, 0.15) is 58.8 Å². The van der Waals surface area contributed by atoms with Gasteiger partial charge in [0.25, 0.3) is 0 Å². The Hall–Kier alpha value is -1.18. The normalized spacial score (nSPS) is 44.0. The molecule has 0 aromatic heterocycles. The highest BCUT2D eigenvalue weighted by Gasteiger charge is 2.70. The van der Waals surface area contributed by atoms with Gasteiger partial charge < -0.3 is 14.9 Å². The number of Topliss-reactive ketones (excluding diaryl/α,β-unsaturated/α-hetero) is 1. The number of ketones is 2. The number of aliphatic hydroxyl groups is 2. The van der Waals surface area contributed by atoms with E-state index in [1.165, 1.54) is 11.8 Å². The second-order valence-electron chi connectivity index (χ2n) is 10.4. The summed E-state index contributed by atoms with van der Waals surface area (Å²) in [5.41, 5.74) is -1.15. The number of allylic oxidation sites excluding steroid dienone is 1. The predicted molar refractivity (Wildman–Crippen MR) is 117 cm³/mol. The lowest BCUT2D eigenvalue weighted by Gasteiger charge is -2.60. The first kappa shape index (κ1) is 23.0. The molecule has 3 saturated carbocycles. The van der Waals surface area contributed by atoms with Crippen molar-refractivity contribution in [2.75, 3.05) is 18.6 Å². The van der Waals surface area contributed by atoms with Crippen LogP contribution in [0.4, 0.5) is 0 Å². The Morgan fingerprint density at radius 1 is 1.23 bits per heavy atom. The summed E-state index contributed by atoms with van der Waals surface area (Å²) in [6.45, 7) is 3.49.